The van der Waals surface area contributed by atoms with Crippen LogP contribution in [-0.4, -0.2) is 24.2 Å². The number of thiazole rings is 1. The van der Waals surface area contributed by atoms with Gasteiger partial charge >= 0.3 is 0 Å². The van der Waals surface area contributed by atoms with Crippen molar-refractivity contribution in [2.75, 3.05) is 24.3 Å². The predicted molar refractivity (Wildman–Crippen MR) is 54.0 cm³/mol. The molecule has 0 aliphatic carbocycles. The summed E-state index contributed by atoms with van der Waals surface area (Å²) in [6.07, 6.45) is 3.95. The molecule has 1 unspecified atom stereocenters. The van der Waals surface area contributed by atoms with Gasteiger partial charge in [-0.25, -0.2) is 4.98 Å². The van der Waals surface area contributed by atoms with Crippen LogP contribution >= 0.6 is 11.3 Å². The highest BCUT2D eigenvalue weighted by Crippen LogP contribution is 2.21. The van der Waals surface area contributed by atoms with Crippen molar-refractivity contribution >= 4 is 21.5 Å². The first-order valence-electron chi connectivity index (χ1n) is 4.40. The van der Waals surface area contributed by atoms with Crippen LogP contribution < -0.4 is 11.1 Å². The third-order valence-corrected chi connectivity index (χ3v) is 2.77. The van der Waals surface area contributed by atoms with Gasteiger partial charge in [0.25, 0.3) is 0 Å². The van der Waals surface area contributed by atoms with Crippen LogP contribution in [0.3, 0.4) is 0 Å². The lowest BCUT2D eigenvalue weighted by molar-refractivity contribution is 0.0876. The summed E-state index contributed by atoms with van der Waals surface area (Å²) in [5.41, 5.74) is 5.57. The van der Waals surface area contributed by atoms with E-state index in [9.17, 15) is 0 Å². The molecule has 4 nitrogen and oxygen atoms in total. The van der Waals surface area contributed by atoms with Gasteiger partial charge in [-0.1, -0.05) is 11.3 Å². The Balaban J connectivity index is 1.89. The molecule has 0 amide bonds. The first kappa shape index (κ1) is 8.77. The van der Waals surface area contributed by atoms with E-state index >= 15 is 0 Å². The van der Waals surface area contributed by atoms with E-state index in [-0.39, 0.29) is 0 Å². The molecule has 1 aliphatic heterocycles. The van der Waals surface area contributed by atoms with E-state index in [0.717, 1.165) is 36.2 Å². The van der Waals surface area contributed by atoms with Gasteiger partial charge in [-0.15, -0.1) is 0 Å². The summed E-state index contributed by atoms with van der Waals surface area (Å²) in [5, 5.41) is 4.95. The lowest BCUT2D eigenvalue weighted by Crippen LogP contribution is -2.29. The Labute approximate surface area is 81.1 Å². The number of nitrogens with zero attached hydrogens (tertiary/aromatic N) is 1. The van der Waals surface area contributed by atoms with Crippen molar-refractivity contribution in [2.24, 2.45) is 0 Å². The summed E-state index contributed by atoms with van der Waals surface area (Å²) in [6, 6.07) is 0.402. The molecule has 0 radical (unpaired) electrons. The molecule has 1 atom stereocenters. The third-order valence-electron chi connectivity index (χ3n) is 2.01. The second-order valence-corrected chi connectivity index (χ2v) is 4.19. The highest BCUT2D eigenvalue weighted by molar-refractivity contribution is 7.19. The SMILES string of the molecule is Nc1cnc(NC2CCCOC2)s1. The van der Waals surface area contributed by atoms with Crippen LogP contribution in [-0.2, 0) is 4.74 Å². The monoisotopic (exact) mass is 199 g/mol. The summed E-state index contributed by atoms with van der Waals surface area (Å²) >= 11 is 1.48. The molecule has 1 fully saturated rings. The topological polar surface area (TPSA) is 60.2 Å². The normalized spacial score (nSPS) is 22.9. The fraction of sp³-hybridized carbons (Fsp3) is 0.625. The van der Waals surface area contributed by atoms with Crippen LogP contribution in [0.4, 0.5) is 10.1 Å². The Kier molecular flexibility index (Phi) is 2.65. The smallest absolute Gasteiger partial charge is 0.184 e. The van der Waals surface area contributed by atoms with Gasteiger partial charge in [0, 0.05) is 6.61 Å². The number of aromatic nitrogens is 1. The maximum Gasteiger partial charge on any atom is 0.184 e. The molecule has 1 aromatic heterocycles. The maximum atomic E-state index is 5.57. The van der Waals surface area contributed by atoms with Crippen molar-refractivity contribution in [1.29, 1.82) is 0 Å². The molecular formula is C8H13N3OS. The van der Waals surface area contributed by atoms with Gasteiger partial charge in [0.15, 0.2) is 5.13 Å². The number of anilines is 2. The molecule has 0 saturated carbocycles. The molecule has 5 heteroatoms. The Morgan fingerprint density at radius 3 is 3.23 bits per heavy atom. The van der Waals surface area contributed by atoms with Gasteiger partial charge in [0.2, 0.25) is 0 Å². The Hall–Kier alpha value is -0.810. The summed E-state index contributed by atoms with van der Waals surface area (Å²) in [5.74, 6) is 0. The van der Waals surface area contributed by atoms with Crippen molar-refractivity contribution in [3.8, 4) is 0 Å². The molecule has 1 aromatic rings. The largest absolute Gasteiger partial charge is 0.389 e. The van der Waals surface area contributed by atoms with E-state index in [0.29, 0.717) is 6.04 Å². The molecule has 13 heavy (non-hydrogen) atoms. The molecule has 2 heterocycles. The van der Waals surface area contributed by atoms with Crippen LogP contribution in [0.15, 0.2) is 6.20 Å². The highest BCUT2D eigenvalue weighted by atomic mass is 32.1. The molecule has 1 saturated heterocycles. The molecule has 3 N–H and O–H groups in total. The van der Waals surface area contributed by atoms with Gasteiger partial charge in [-0.2, -0.15) is 0 Å². The molecule has 1 aliphatic rings. The number of hydrogen-bond donors (Lipinski definition) is 2. The van der Waals surface area contributed by atoms with E-state index in [1.807, 2.05) is 0 Å². The molecule has 0 spiro atoms. The van der Waals surface area contributed by atoms with Crippen LogP contribution in [0.25, 0.3) is 0 Å². The molecule has 72 valence electrons. The number of nitrogens with two attached hydrogens (primary N) is 1. The molecule has 0 aromatic carbocycles. The minimum atomic E-state index is 0.402. The van der Waals surface area contributed by atoms with Crippen LogP contribution in [0.5, 0.6) is 0 Å². The first-order valence-corrected chi connectivity index (χ1v) is 5.22. The fourth-order valence-electron chi connectivity index (χ4n) is 1.38. The lowest BCUT2D eigenvalue weighted by Gasteiger charge is -2.22. The third kappa shape index (κ3) is 2.32. The zero-order chi connectivity index (χ0) is 9.10. The average Bonchev–Trinajstić information content (AvgIpc) is 2.53. The molecular weight excluding hydrogens is 186 g/mol. The quantitative estimate of drug-likeness (QED) is 0.754. The van der Waals surface area contributed by atoms with Crippen molar-refractivity contribution in [1.82, 2.24) is 4.98 Å². The van der Waals surface area contributed by atoms with Crippen molar-refractivity contribution in [3.63, 3.8) is 0 Å². The summed E-state index contributed by atoms with van der Waals surface area (Å²) in [6.45, 7) is 1.66. The number of nitrogens with one attached hydrogen (secondary N) is 1. The van der Waals surface area contributed by atoms with Gasteiger partial charge in [0.05, 0.1) is 18.8 Å². The zero-order valence-electron chi connectivity index (χ0n) is 7.32. The van der Waals surface area contributed by atoms with E-state index in [4.69, 9.17) is 10.5 Å². The Morgan fingerprint density at radius 2 is 2.62 bits per heavy atom. The first-order chi connectivity index (χ1) is 6.34. The van der Waals surface area contributed by atoms with Crippen LogP contribution in [0.2, 0.25) is 0 Å². The standard InChI is InChI=1S/C8H13N3OS/c9-7-4-10-8(13-7)11-6-2-1-3-12-5-6/h4,6H,1-3,5,9H2,(H,10,11). The van der Waals surface area contributed by atoms with Crippen molar-refractivity contribution in [3.05, 3.63) is 6.20 Å². The fourth-order valence-corrected chi connectivity index (χ4v) is 2.04. The van der Waals surface area contributed by atoms with Crippen LogP contribution in [0, 0.1) is 0 Å². The number of ether oxygens (including phenoxy) is 1. The van der Waals surface area contributed by atoms with Crippen LogP contribution in [0.1, 0.15) is 12.8 Å². The van der Waals surface area contributed by atoms with Gasteiger partial charge in [0.1, 0.15) is 5.00 Å². The van der Waals surface area contributed by atoms with Crippen molar-refractivity contribution in [2.45, 2.75) is 18.9 Å². The minimum absolute atomic E-state index is 0.402. The number of hydrogen-bond acceptors (Lipinski definition) is 5. The van der Waals surface area contributed by atoms with Crippen molar-refractivity contribution < 1.29 is 4.74 Å². The summed E-state index contributed by atoms with van der Waals surface area (Å²) < 4.78 is 5.34. The van der Waals surface area contributed by atoms with E-state index in [1.165, 1.54) is 11.3 Å². The maximum absolute atomic E-state index is 5.57. The highest BCUT2D eigenvalue weighted by Gasteiger charge is 2.14. The number of nitrogen functional groups attached to an aromatic ring is 1. The summed E-state index contributed by atoms with van der Waals surface area (Å²) in [7, 11) is 0. The molecule has 2 rings (SSSR count). The van der Waals surface area contributed by atoms with E-state index < -0.39 is 0 Å². The average molecular weight is 199 g/mol. The predicted octanol–water partition coefficient (Wildman–Crippen LogP) is 1.32. The Morgan fingerprint density at radius 1 is 1.69 bits per heavy atom. The summed E-state index contributed by atoms with van der Waals surface area (Å²) in [4.78, 5) is 4.14. The number of rotatable bonds is 2. The second kappa shape index (κ2) is 3.93. The molecule has 0 bridgehead atoms. The van der Waals surface area contributed by atoms with E-state index in [1.54, 1.807) is 6.20 Å². The lowest BCUT2D eigenvalue weighted by atomic mass is 10.1. The van der Waals surface area contributed by atoms with Gasteiger partial charge in [-0.05, 0) is 12.8 Å². The van der Waals surface area contributed by atoms with Gasteiger partial charge in [-0.3, -0.25) is 0 Å². The zero-order valence-corrected chi connectivity index (χ0v) is 8.14. The Bertz CT molecular complexity index is 270. The van der Waals surface area contributed by atoms with E-state index in [2.05, 4.69) is 10.3 Å². The second-order valence-electron chi connectivity index (χ2n) is 3.13. The minimum Gasteiger partial charge on any atom is -0.389 e. The van der Waals surface area contributed by atoms with Gasteiger partial charge < -0.3 is 15.8 Å².